The molecule has 3 aromatic carbocycles. The van der Waals surface area contributed by atoms with Crippen LogP contribution in [0.4, 0.5) is 0 Å². The van der Waals surface area contributed by atoms with Crippen LogP contribution in [0.2, 0.25) is 0 Å². The summed E-state index contributed by atoms with van der Waals surface area (Å²) in [6.07, 6.45) is 14.3. The Hall–Kier alpha value is -2.76. The molecule has 1 nitrogen and oxygen atoms in total. The summed E-state index contributed by atoms with van der Waals surface area (Å²) >= 11 is 0. The van der Waals surface area contributed by atoms with E-state index in [-0.39, 0.29) is 5.41 Å². The van der Waals surface area contributed by atoms with E-state index in [9.17, 15) is 0 Å². The highest BCUT2D eigenvalue weighted by Gasteiger charge is 2.58. The molecular formula is C38H40NP. The second-order valence-electron chi connectivity index (χ2n) is 13.6. The lowest BCUT2D eigenvalue weighted by molar-refractivity contribution is -0.0728. The summed E-state index contributed by atoms with van der Waals surface area (Å²) in [4.78, 5) is 5.73. The molecule has 6 atom stereocenters. The van der Waals surface area contributed by atoms with Crippen molar-refractivity contribution in [1.29, 1.82) is 0 Å². The van der Waals surface area contributed by atoms with Crippen LogP contribution in [0.3, 0.4) is 0 Å². The minimum Gasteiger partial charge on any atom is -0.251 e. The molecule has 0 radical (unpaired) electrons. The monoisotopic (exact) mass is 541 g/mol. The Kier molecular flexibility index (Phi) is 5.86. The topological polar surface area (TPSA) is 12.9 Å². The minimum absolute atomic E-state index is 0.202. The van der Waals surface area contributed by atoms with Gasteiger partial charge in [-0.15, -0.1) is 0 Å². The predicted octanol–water partition coefficient (Wildman–Crippen LogP) is 8.22. The lowest BCUT2D eigenvalue weighted by Gasteiger charge is -2.59. The zero-order chi connectivity index (χ0) is 26.9. The van der Waals surface area contributed by atoms with Crippen molar-refractivity contribution in [1.82, 2.24) is 4.98 Å². The molecule has 8 rings (SSSR count). The van der Waals surface area contributed by atoms with Gasteiger partial charge in [-0.1, -0.05) is 105 Å². The van der Waals surface area contributed by atoms with Crippen molar-refractivity contribution >= 4 is 34.7 Å². The molecule has 1 heterocycles. The quantitative estimate of drug-likeness (QED) is 0.188. The van der Waals surface area contributed by atoms with E-state index in [4.69, 9.17) is 4.98 Å². The smallest absolute Gasteiger partial charge is 0.0789 e. The molecule has 40 heavy (non-hydrogen) atoms. The Morgan fingerprint density at radius 2 is 1.52 bits per heavy atom. The van der Waals surface area contributed by atoms with Gasteiger partial charge in [-0.2, -0.15) is 0 Å². The third-order valence-electron chi connectivity index (χ3n) is 11.8. The summed E-state index contributed by atoms with van der Waals surface area (Å²) in [7, 11) is -0.686. The lowest BCUT2D eigenvalue weighted by atomic mass is 9.46. The molecule has 0 saturated heterocycles. The molecule has 0 unspecified atom stereocenters. The van der Waals surface area contributed by atoms with E-state index < -0.39 is 7.92 Å². The first-order valence-corrected chi connectivity index (χ1v) is 16.9. The number of fused-ring (bicyclic) bond motifs is 8. The van der Waals surface area contributed by atoms with Gasteiger partial charge in [-0.25, -0.2) is 0 Å². The maximum absolute atomic E-state index is 5.73. The number of pyridine rings is 1. The van der Waals surface area contributed by atoms with E-state index in [1.807, 2.05) is 0 Å². The maximum Gasteiger partial charge on any atom is 0.0789 e. The number of hydrogen-bond donors (Lipinski definition) is 0. The van der Waals surface area contributed by atoms with E-state index in [2.05, 4.69) is 111 Å². The van der Waals surface area contributed by atoms with Crippen LogP contribution < -0.4 is 15.9 Å². The van der Waals surface area contributed by atoms with Crippen molar-refractivity contribution in [3.8, 4) is 0 Å². The number of benzene rings is 3. The van der Waals surface area contributed by atoms with E-state index in [0.717, 1.165) is 23.7 Å². The fraction of sp³-hybridized carbons (Fsp3) is 0.395. The molecule has 2 saturated carbocycles. The van der Waals surface area contributed by atoms with Gasteiger partial charge in [0.15, 0.2) is 0 Å². The molecule has 0 amide bonds. The highest BCUT2D eigenvalue weighted by Crippen LogP contribution is 2.64. The molecule has 4 aromatic rings. The minimum atomic E-state index is -0.686. The van der Waals surface area contributed by atoms with E-state index >= 15 is 0 Å². The highest BCUT2D eigenvalue weighted by atomic mass is 31.1. The summed E-state index contributed by atoms with van der Waals surface area (Å²) in [6, 6.07) is 31.7. The fourth-order valence-electron chi connectivity index (χ4n) is 9.70. The number of rotatable bonds is 3. The average molecular weight is 542 g/mol. The van der Waals surface area contributed by atoms with Gasteiger partial charge in [-0.05, 0) is 104 Å². The van der Waals surface area contributed by atoms with Crippen LogP contribution in [-0.2, 0) is 11.8 Å². The van der Waals surface area contributed by atoms with Crippen LogP contribution >= 0.6 is 7.92 Å². The SMILES string of the molecule is C[C@]12CC=CC[C@@H]1CC[C@@H]1[C@@H]2CC[C@]2(C)c3nc4c(P(c5ccccc5)c5ccccc5)cccc4cc3C[C@@H]12. The molecule has 2 heteroatoms. The van der Waals surface area contributed by atoms with Gasteiger partial charge in [0.05, 0.1) is 11.2 Å². The summed E-state index contributed by atoms with van der Waals surface area (Å²) in [5.41, 5.74) is 4.91. The standard InChI is InChI=1S/C38H40NP/c1-37-22-10-9-13-28(37)19-20-31-32(37)21-23-38(2)33(31)25-27-24-26-12-11-18-34(35(26)39-36(27)38)40(29-14-5-3-6-15-29)30-16-7-4-8-17-30/h3-12,14-18,24,28,31-33H,13,19-23,25H2,1-2H3/t28-,31-,32+,33+,37+,38+/m1/s1. The number of hydrogen-bond acceptors (Lipinski definition) is 1. The van der Waals surface area contributed by atoms with Gasteiger partial charge in [0.2, 0.25) is 0 Å². The highest BCUT2D eigenvalue weighted by molar-refractivity contribution is 7.80. The second kappa shape index (κ2) is 9.39. The largest absolute Gasteiger partial charge is 0.251 e. The Morgan fingerprint density at radius 1 is 0.775 bits per heavy atom. The average Bonchev–Trinajstić information content (AvgIpc) is 3.29. The Bertz CT molecular complexity index is 1550. The fourth-order valence-corrected chi connectivity index (χ4v) is 12.1. The van der Waals surface area contributed by atoms with Crippen LogP contribution in [0.15, 0.2) is 97.1 Å². The normalized spacial score (nSPS) is 32.4. The summed E-state index contributed by atoms with van der Waals surface area (Å²) in [6.45, 7) is 5.24. The predicted molar refractivity (Wildman–Crippen MR) is 170 cm³/mol. The Labute approximate surface area is 240 Å². The van der Waals surface area contributed by atoms with E-state index in [1.165, 1.54) is 83.0 Å². The number of aromatic nitrogens is 1. The molecule has 1 aromatic heterocycles. The maximum atomic E-state index is 5.73. The second-order valence-corrected chi connectivity index (χ2v) is 15.8. The first-order chi connectivity index (χ1) is 19.6. The molecule has 0 aliphatic heterocycles. The Morgan fingerprint density at radius 3 is 2.27 bits per heavy atom. The molecule has 4 aliphatic rings. The van der Waals surface area contributed by atoms with Gasteiger partial charge < -0.3 is 0 Å². The van der Waals surface area contributed by atoms with Crippen molar-refractivity contribution in [2.45, 2.75) is 64.2 Å². The van der Waals surface area contributed by atoms with Gasteiger partial charge in [-0.3, -0.25) is 4.98 Å². The molecular weight excluding hydrogens is 501 g/mol. The van der Waals surface area contributed by atoms with Gasteiger partial charge in [0.25, 0.3) is 0 Å². The molecule has 0 N–H and O–H groups in total. The Balaban J connectivity index is 1.24. The van der Waals surface area contributed by atoms with Crippen molar-refractivity contribution in [2.24, 2.45) is 29.1 Å². The summed E-state index contributed by atoms with van der Waals surface area (Å²) < 4.78 is 0. The van der Waals surface area contributed by atoms with Crippen LogP contribution in [0, 0.1) is 29.1 Å². The van der Waals surface area contributed by atoms with Crippen LogP contribution in [-0.4, -0.2) is 4.98 Å². The molecule has 202 valence electrons. The third-order valence-corrected chi connectivity index (χ3v) is 14.2. The summed E-state index contributed by atoms with van der Waals surface area (Å²) in [5, 5.41) is 5.52. The van der Waals surface area contributed by atoms with Gasteiger partial charge >= 0.3 is 0 Å². The lowest BCUT2D eigenvalue weighted by Crippen LogP contribution is -2.52. The van der Waals surface area contributed by atoms with Crippen molar-refractivity contribution in [2.75, 3.05) is 0 Å². The first kappa shape index (κ1) is 25.0. The molecule has 4 aliphatic carbocycles. The third kappa shape index (κ3) is 3.66. The van der Waals surface area contributed by atoms with Crippen molar-refractivity contribution in [3.63, 3.8) is 0 Å². The number of nitrogens with zero attached hydrogens (tertiary/aromatic N) is 1. The molecule has 2 fully saturated rings. The first-order valence-electron chi connectivity index (χ1n) is 15.5. The molecule has 0 spiro atoms. The number of para-hydroxylation sites is 1. The van der Waals surface area contributed by atoms with Crippen LogP contribution in [0.1, 0.15) is 63.6 Å². The zero-order valence-electron chi connectivity index (χ0n) is 23.9. The molecule has 0 bridgehead atoms. The van der Waals surface area contributed by atoms with E-state index in [0.29, 0.717) is 5.41 Å². The number of allylic oxidation sites excluding steroid dienone is 2. The summed E-state index contributed by atoms with van der Waals surface area (Å²) in [5.74, 6) is 3.35. The van der Waals surface area contributed by atoms with E-state index in [1.54, 1.807) is 0 Å². The van der Waals surface area contributed by atoms with Crippen LogP contribution in [0.5, 0.6) is 0 Å². The van der Waals surface area contributed by atoms with Crippen molar-refractivity contribution in [3.05, 3.63) is 108 Å². The van der Waals surface area contributed by atoms with Gasteiger partial charge in [0.1, 0.15) is 0 Å². The van der Waals surface area contributed by atoms with Crippen molar-refractivity contribution < 1.29 is 0 Å². The van der Waals surface area contributed by atoms with Gasteiger partial charge in [0, 0.05) is 16.1 Å². The zero-order valence-corrected chi connectivity index (χ0v) is 24.8. The van der Waals surface area contributed by atoms with Crippen LogP contribution in [0.25, 0.3) is 10.9 Å².